The summed E-state index contributed by atoms with van der Waals surface area (Å²) in [6, 6.07) is 6.44. The molecule has 2 N–H and O–H groups in total. The van der Waals surface area contributed by atoms with Gasteiger partial charge in [-0.05, 0) is 43.5 Å². The van der Waals surface area contributed by atoms with Crippen LogP contribution in [0.5, 0.6) is 5.75 Å². The minimum absolute atomic E-state index is 0.0293. The van der Waals surface area contributed by atoms with Crippen molar-refractivity contribution in [3.63, 3.8) is 0 Å². The minimum Gasteiger partial charge on any atom is -0.439 e. The number of benzene rings is 1. The number of carbonyl (C=O) groups is 1. The number of nitrogens with one attached hydrogen (secondary N) is 2. The van der Waals surface area contributed by atoms with Gasteiger partial charge in [0, 0.05) is 30.7 Å². The van der Waals surface area contributed by atoms with E-state index in [9.17, 15) is 4.79 Å². The number of ether oxygens (including phenoxy) is 1. The Morgan fingerprint density at radius 1 is 1.41 bits per heavy atom. The van der Waals surface area contributed by atoms with Crippen LogP contribution in [0.4, 0.5) is 5.69 Å². The zero-order valence-corrected chi connectivity index (χ0v) is 12.8. The Hall–Kier alpha value is -2.01. The molecule has 0 radical (unpaired) electrons. The molecule has 2 fully saturated rings. The smallest absolute Gasteiger partial charge is 0.251 e. The van der Waals surface area contributed by atoms with Crippen LogP contribution in [0.25, 0.3) is 0 Å². The summed E-state index contributed by atoms with van der Waals surface area (Å²) in [7, 11) is 0. The summed E-state index contributed by atoms with van der Waals surface area (Å²) in [4.78, 5) is 15.0. The minimum atomic E-state index is -0.0293. The van der Waals surface area contributed by atoms with Crippen LogP contribution in [0.2, 0.25) is 0 Å². The number of hydrogen-bond acceptors (Lipinski definition) is 4. The molecule has 0 unspecified atom stereocenters. The average Bonchev–Trinajstić information content (AvgIpc) is 3.17. The highest BCUT2D eigenvalue weighted by Gasteiger charge is 2.38. The molecule has 0 spiro atoms. The van der Waals surface area contributed by atoms with Crippen LogP contribution in [0.15, 0.2) is 30.7 Å². The summed E-state index contributed by atoms with van der Waals surface area (Å²) in [5.74, 6) is 1.63. The van der Waals surface area contributed by atoms with Gasteiger partial charge in [-0.1, -0.05) is 6.92 Å². The first-order valence-corrected chi connectivity index (χ1v) is 7.93. The van der Waals surface area contributed by atoms with Crippen molar-refractivity contribution >= 4 is 11.6 Å². The van der Waals surface area contributed by atoms with E-state index < -0.39 is 0 Å². The monoisotopic (exact) mass is 299 g/mol. The summed E-state index contributed by atoms with van der Waals surface area (Å²) in [6.45, 7) is 8.00. The summed E-state index contributed by atoms with van der Waals surface area (Å²) in [5.41, 5.74) is 1.49. The van der Waals surface area contributed by atoms with Gasteiger partial charge in [-0.15, -0.1) is 0 Å². The lowest BCUT2D eigenvalue weighted by Crippen LogP contribution is -2.40. The standard InChI is InChI=1S/C17H21N3O2/c1-10-8-20(13-4-5-13)9-15(10)19-17(21)12-3-6-14-16(7-12)22-11(2)18-14/h3,6-7,10,13,15,18H,2,4-5,8-9H2,1H3,(H,19,21)/t10-,15-/m0/s1. The number of hydrogen-bond donors (Lipinski definition) is 2. The fourth-order valence-electron chi connectivity index (χ4n) is 3.34. The maximum absolute atomic E-state index is 12.5. The summed E-state index contributed by atoms with van der Waals surface area (Å²) < 4.78 is 5.45. The van der Waals surface area contributed by atoms with Gasteiger partial charge in [0.1, 0.15) is 0 Å². The number of fused-ring (bicyclic) bond motifs is 1. The summed E-state index contributed by atoms with van der Waals surface area (Å²) >= 11 is 0. The van der Waals surface area contributed by atoms with Gasteiger partial charge in [0.15, 0.2) is 11.6 Å². The molecule has 0 aromatic heterocycles. The third-order valence-electron chi connectivity index (χ3n) is 4.77. The van der Waals surface area contributed by atoms with Crippen molar-refractivity contribution in [3.8, 4) is 5.75 Å². The Bertz CT molecular complexity index is 639. The Morgan fingerprint density at radius 2 is 2.23 bits per heavy atom. The lowest BCUT2D eigenvalue weighted by atomic mass is 10.1. The van der Waals surface area contributed by atoms with E-state index in [-0.39, 0.29) is 11.9 Å². The molecule has 1 aromatic rings. The van der Waals surface area contributed by atoms with Crippen LogP contribution in [-0.4, -0.2) is 36.0 Å². The van der Waals surface area contributed by atoms with Gasteiger partial charge in [-0.3, -0.25) is 9.69 Å². The maximum Gasteiger partial charge on any atom is 0.251 e. The molecule has 5 nitrogen and oxygen atoms in total. The highest BCUT2D eigenvalue weighted by molar-refractivity contribution is 5.95. The number of rotatable bonds is 3. The van der Waals surface area contributed by atoms with E-state index in [0.29, 0.717) is 23.1 Å². The van der Waals surface area contributed by atoms with Gasteiger partial charge in [0.2, 0.25) is 0 Å². The van der Waals surface area contributed by atoms with Crippen LogP contribution >= 0.6 is 0 Å². The van der Waals surface area contributed by atoms with E-state index in [0.717, 1.165) is 24.8 Å². The first-order chi connectivity index (χ1) is 10.6. The van der Waals surface area contributed by atoms with Crippen molar-refractivity contribution in [1.82, 2.24) is 10.2 Å². The molecule has 2 heterocycles. The van der Waals surface area contributed by atoms with Gasteiger partial charge in [0.25, 0.3) is 5.91 Å². The molecule has 1 aromatic carbocycles. The van der Waals surface area contributed by atoms with Gasteiger partial charge < -0.3 is 15.4 Å². The number of likely N-dealkylation sites (tertiary alicyclic amines) is 1. The van der Waals surface area contributed by atoms with Crippen LogP contribution < -0.4 is 15.4 Å². The van der Waals surface area contributed by atoms with E-state index in [1.807, 2.05) is 12.1 Å². The number of anilines is 1. The van der Waals surface area contributed by atoms with Crippen molar-refractivity contribution in [2.75, 3.05) is 18.4 Å². The fraction of sp³-hybridized carbons (Fsp3) is 0.471. The van der Waals surface area contributed by atoms with Gasteiger partial charge in [0.05, 0.1) is 5.69 Å². The molecule has 2 aliphatic heterocycles. The second-order valence-electron chi connectivity index (χ2n) is 6.60. The number of amides is 1. The quantitative estimate of drug-likeness (QED) is 0.898. The Kier molecular flexibility index (Phi) is 3.11. The number of nitrogens with zero attached hydrogens (tertiary/aromatic N) is 1. The molecular formula is C17H21N3O2. The van der Waals surface area contributed by atoms with Gasteiger partial charge >= 0.3 is 0 Å². The van der Waals surface area contributed by atoms with E-state index in [4.69, 9.17) is 4.74 Å². The molecule has 1 saturated carbocycles. The molecule has 22 heavy (non-hydrogen) atoms. The van der Waals surface area contributed by atoms with Crippen molar-refractivity contribution in [2.45, 2.75) is 31.8 Å². The third-order valence-corrected chi connectivity index (χ3v) is 4.77. The van der Waals surface area contributed by atoms with Crippen LogP contribution in [-0.2, 0) is 0 Å². The number of carbonyl (C=O) groups excluding carboxylic acids is 1. The highest BCUT2D eigenvalue weighted by Crippen LogP contribution is 2.34. The second kappa shape index (κ2) is 5.02. The maximum atomic E-state index is 12.5. The molecular weight excluding hydrogens is 278 g/mol. The Balaban J connectivity index is 1.44. The molecule has 2 atom stereocenters. The average molecular weight is 299 g/mol. The molecule has 0 bridgehead atoms. The fourth-order valence-corrected chi connectivity index (χ4v) is 3.34. The molecule has 1 saturated heterocycles. The molecule has 116 valence electrons. The van der Waals surface area contributed by atoms with Crippen molar-refractivity contribution < 1.29 is 9.53 Å². The van der Waals surface area contributed by atoms with E-state index in [1.165, 1.54) is 12.8 Å². The zero-order valence-electron chi connectivity index (χ0n) is 12.8. The first kappa shape index (κ1) is 13.6. The van der Waals surface area contributed by atoms with Gasteiger partial charge in [-0.25, -0.2) is 0 Å². The third kappa shape index (κ3) is 2.46. The lowest BCUT2D eigenvalue weighted by molar-refractivity contribution is 0.0931. The SMILES string of the molecule is C=C1Nc2ccc(C(=O)N[C@H]3CN(C4CC4)C[C@@H]3C)cc2O1. The van der Waals surface area contributed by atoms with Crippen molar-refractivity contribution in [1.29, 1.82) is 0 Å². The predicted molar refractivity (Wildman–Crippen MR) is 84.8 cm³/mol. The topological polar surface area (TPSA) is 53.6 Å². The molecule has 4 rings (SSSR count). The Morgan fingerprint density at radius 3 is 3.00 bits per heavy atom. The van der Waals surface area contributed by atoms with Crippen LogP contribution in [0.3, 0.4) is 0 Å². The molecule has 1 amide bonds. The predicted octanol–water partition coefficient (Wildman–Crippen LogP) is 2.17. The van der Waals surface area contributed by atoms with Crippen molar-refractivity contribution in [2.24, 2.45) is 5.92 Å². The normalized spacial score (nSPS) is 27.2. The van der Waals surface area contributed by atoms with E-state index >= 15 is 0 Å². The molecule has 3 aliphatic rings. The lowest BCUT2D eigenvalue weighted by Gasteiger charge is -2.17. The summed E-state index contributed by atoms with van der Waals surface area (Å²) in [5, 5.41) is 6.19. The van der Waals surface area contributed by atoms with E-state index in [1.54, 1.807) is 6.07 Å². The highest BCUT2D eigenvalue weighted by atomic mass is 16.5. The van der Waals surface area contributed by atoms with Crippen LogP contribution in [0.1, 0.15) is 30.1 Å². The second-order valence-corrected chi connectivity index (χ2v) is 6.60. The first-order valence-electron chi connectivity index (χ1n) is 7.93. The summed E-state index contributed by atoms with van der Waals surface area (Å²) in [6.07, 6.45) is 2.62. The zero-order chi connectivity index (χ0) is 15.3. The molecule has 1 aliphatic carbocycles. The van der Waals surface area contributed by atoms with Gasteiger partial charge in [-0.2, -0.15) is 0 Å². The van der Waals surface area contributed by atoms with Crippen LogP contribution in [0, 0.1) is 5.92 Å². The largest absolute Gasteiger partial charge is 0.439 e. The Labute approximate surface area is 130 Å². The molecule has 5 heteroatoms. The van der Waals surface area contributed by atoms with E-state index in [2.05, 4.69) is 29.0 Å². The van der Waals surface area contributed by atoms with Crippen molar-refractivity contribution in [3.05, 3.63) is 36.2 Å².